The fraction of sp³-hybridized carbons (Fsp3) is 0.643. The summed E-state index contributed by atoms with van der Waals surface area (Å²) in [6.07, 6.45) is 0. The number of hydrogen-bond acceptors (Lipinski definition) is 5. The third-order valence-electron chi connectivity index (χ3n) is 2.47. The quantitative estimate of drug-likeness (QED) is 0.660. The van der Waals surface area contributed by atoms with Crippen LogP contribution in [0, 0.1) is 6.92 Å². The van der Waals surface area contributed by atoms with E-state index >= 15 is 0 Å². The predicted octanol–water partition coefficient (Wildman–Crippen LogP) is 1.28. The number of aliphatic hydroxyl groups is 1. The first-order chi connectivity index (χ1) is 9.13. The predicted molar refractivity (Wildman–Crippen MR) is 74.3 cm³/mol. The molecule has 5 heteroatoms. The molecule has 1 heterocycles. The third-order valence-corrected chi connectivity index (χ3v) is 2.47. The molecular weight excluding hydrogens is 244 g/mol. The van der Waals surface area contributed by atoms with Crippen LogP contribution in [0.5, 0.6) is 5.75 Å². The molecule has 1 rings (SSSR count). The summed E-state index contributed by atoms with van der Waals surface area (Å²) in [6, 6.07) is 4.28. The summed E-state index contributed by atoms with van der Waals surface area (Å²) in [6.45, 7) is 8.15. The number of ether oxygens (including phenoxy) is 2. The lowest BCUT2D eigenvalue weighted by Crippen LogP contribution is -2.23. The Labute approximate surface area is 115 Å². The van der Waals surface area contributed by atoms with E-state index in [4.69, 9.17) is 14.6 Å². The van der Waals surface area contributed by atoms with Crippen molar-refractivity contribution < 1.29 is 14.6 Å². The Morgan fingerprint density at radius 3 is 2.74 bits per heavy atom. The molecule has 0 fully saturated rings. The Bertz CT molecular complexity index is 370. The van der Waals surface area contributed by atoms with Gasteiger partial charge in [-0.2, -0.15) is 0 Å². The van der Waals surface area contributed by atoms with Crippen LogP contribution in [0.3, 0.4) is 0 Å². The lowest BCUT2D eigenvalue weighted by Gasteiger charge is -2.13. The van der Waals surface area contributed by atoms with E-state index in [1.54, 1.807) is 0 Å². The van der Waals surface area contributed by atoms with E-state index in [0.717, 1.165) is 17.1 Å². The number of rotatable bonds is 9. The van der Waals surface area contributed by atoms with Crippen molar-refractivity contribution >= 4 is 0 Å². The molecule has 0 aliphatic carbocycles. The second-order valence-corrected chi connectivity index (χ2v) is 4.62. The van der Waals surface area contributed by atoms with Crippen molar-refractivity contribution in [2.45, 2.75) is 33.4 Å². The molecule has 0 aromatic carbocycles. The smallest absolute Gasteiger partial charge is 0.142 e. The molecule has 0 spiro atoms. The van der Waals surface area contributed by atoms with Crippen molar-refractivity contribution in [1.82, 2.24) is 10.3 Å². The number of nitrogens with zero attached hydrogens (tertiary/aromatic N) is 1. The van der Waals surface area contributed by atoms with Gasteiger partial charge in [-0.05, 0) is 19.1 Å². The molecule has 108 valence electrons. The van der Waals surface area contributed by atoms with Crippen molar-refractivity contribution in [3.63, 3.8) is 0 Å². The molecule has 0 saturated heterocycles. The highest BCUT2D eigenvalue weighted by Gasteiger charge is 2.06. The molecule has 19 heavy (non-hydrogen) atoms. The van der Waals surface area contributed by atoms with E-state index in [0.29, 0.717) is 32.4 Å². The van der Waals surface area contributed by atoms with Crippen molar-refractivity contribution in [3.8, 4) is 5.75 Å². The molecule has 0 aliphatic rings. The van der Waals surface area contributed by atoms with Gasteiger partial charge in [-0.25, -0.2) is 0 Å². The summed E-state index contributed by atoms with van der Waals surface area (Å²) in [5.74, 6) is 0.784. The fourth-order valence-electron chi connectivity index (χ4n) is 1.53. The second kappa shape index (κ2) is 8.85. The molecule has 0 unspecified atom stereocenters. The standard InChI is InChI=1S/C14H24N2O3/c1-11(2)15-10-13-14(5-4-12(3)16-13)19-9-8-18-7-6-17/h4-5,11,15,17H,6-10H2,1-3H3. The van der Waals surface area contributed by atoms with E-state index in [9.17, 15) is 0 Å². The molecule has 0 saturated carbocycles. The highest BCUT2D eigenvalue weighted by atomic mass is 16.5. The third kappa shape index (κ3) is 6.52. The Hall–Kier alpha value is -1.17. The van der Waals surface area contributed by atoms with E-state index in [1.165, 1.54) is 0 Å². The highest BCUT2D eigenvalue weighted by Crippen LogP contribution is 2.16. The first-order valence-electron chi connectivity index (χ1n) is 6.64. The van der Waals surface area contributed by atoms with Gasteiger partial charge in [-0.15, -0.1) is 0 Å². The van der Waals surface area contributed by atoms with E-state index in [1.807, 2.05) is 19.1 Å². The van der Waals surface area contributed by atoms with Gasteiger partial charge < -0.3 is 19.9 Å². The maximum absolute atomic E-state index is 8.60. The van der Waals surface area contributed by atoms with Crippen LogP contribution in [0.1, 0.15) is 25.2 Å². The lowest BCUT2D eigenvalue weighted by molar-refractivity contribution is 0.0701. The maximum atomic E-state index is 8.60. The molecule has 5 nitrogen and oxygen atoms in total. The lowest BCUT2D eigenvalue weighted by atomic mass is 10.2. The zero-order valence-corrected chi connectivity index (χ0v) is 12.0. The van der Waals surface area contributed by atoms with Crippen LogP contribution in [0.4, 0.5) is 0 Å². The molecule has 0 atom stereocenters. The van der Waals surface area contributed by atoms with Gasteiger partial charge in [0.1, 0.15) is 12.4 Å². The average molecular weight is 268 g/mol. The fourth-order valence-corrected chi connectivity index (χ4v) is 1.53. The number of pyridine rings is 1. The Morgan fingerprint density at radius 2 is 2.05 bits per heavy atom. The largest absolute Gasteiger partial charge is 0.489 e. The molecule has 2 N–H and O–H groups in total. The van der Waals surface area contributed by atoms with Gasteiger partial charge in [-0.1, -0.05) is 13.8 Å². The molecule has 0 radical (unpaired) electrons. The number of nitrogens with one attached hydrogen (secondary N) is 1. The molecule has 1 aromatic heterocycles. The van der Waals surface area contributed by atoms with Crippen molar-refractivity contribution in [3.05, 3.63) is 23.5 Å². The van der Waals surface area contributed by atoms with Crippen LogP contribution < -0.4 is 10.1 Å². The number of hydrogen-bond donors (Lipinski definition) is 2. The minimum absolute atomic E-state index is 0.0373. The van der Waals surface area contributed by atoms with E-state index in [-0.39, 0.29) is 6.61 Å². The van der Waals surface area contributed by atoms with Crippen LogP contribution >= 0.6 is 0 Å². The van der Waals surface area contributed by atoms with Crippen molar-refractivity contribution in [2.24, 2.45) is 0 Å². The monoisotopic (exact) mass is 268 g/mol. The normalized spacial score (nSPS) is 11.0. The van der Waals surface area contributed by atoms with Gasteiger partial charge >= 0.3 is 0 Å². The molecule has 0 bridgehead atoms. The minimum Gasteiger partial charge on any atom is -0.489 e. The van der Waals surface area contributed by atoms with Crippen molar-refractivity contribution in [2.75, 3.05) is 26.4 Å². The first-order valence-corrected chi connectivity index (χ1v) is 6.64. The molecule has 0 amide bonds. The Morgan fingerprint density at radius 1 is 1.26 bits per heavy atom. The van der Waals surface area contributed by atoms with E-state index < -0.39 is 0 Å². The highest BCUT2D eigenvalue weighted by molar-refractivity contribution is 5.29. The van der Waals surface area contributed by atoms with Gasteiger partial charge in [0.25, 0.3) is 0 Å². The zero-order valence-electron chi connectivity index (χ0n) is 12.0. The van der Waals surface area contributed by atoms with Crippen LogP contribution in [0.25, 0.3) is 0 Å². The number of aromatic nitrogens is 1. The summed E-state index contributed by atoms with van der Waals surface area (Å²) in [4.78, 5) is 4.49. The maximum Gasteiger partial charge on any atom is 0.142 e. The Balaban J connectivity index is 2.50. The molecule has 0 aliphatic heterocycles. The van der Waals surface area contributed by atoms with Gasteiger partial charge in [0, 0.05) is 18.3 Å². The second-order valence-electron chi connectivity index (χ2n) is 4.62. The summed E-state index contributed by atoms with van der Waals surface area (Å²) < 4.78 is 10.8. The zero-order chi connectivity index (χ0) is 14.1. The number of aliphatic hydroxyl groups excluding tert-OH is 1. The van der Waals surface area contributed by atoms with Crippen LogP contribution in [0.2, 0.25) is 0 Å². The topological polar surface area (TPSA) is 63.6 Å². The number of aryl methyl sites for hydroxylation is 1. The van der Waals surface area contributed by atoms with Gasteiger partial charge in [-0.3, -0.25) is 4.98 Å². The van der Waals surface area contributed by atoms with Crippen LogP contribution in [-0.4, -0.2) is 42.6 Å². The van der Waals surface area contributed by atoms with E-state index in [2.05, 4.69) is 24.1 Å². The van der Waals surface area contributed by atoms with Crippen molar-refractivity contribution in [1.29, 1.82) is 0 Å². The van der Waals surface area contributed by atoms with Gasteiger partial charge in [0.2, 0.25) is 0 Å². The first kappa shape index (κ1) is 15.9. The summed E-state index contributed by atoms with van der Waals surface area (Å²) >= 11 is 0. The summed E-state index contributed by atoms with van der Waals surface area (Å²) in [5.41, 5.74) is 1.89. The van der Waals surface area contributed by atoms with Crippen LogP contribution in [0.15, 0.2) is 12.1 Å². The molecule has 1 aromatic rings. The van der Waals surface area contributed by atoms with Gasteiger partial charge in [0.05, 0.1) is 25.5 Å². The summed E-state index contributed by atoms with van der Waals surface area (Å²) in [5, 5.41) is 11.9. The molecular formula is C14H24N2O3. The average Bonchev–Trinajstić information content (AvgIpc) is 2.38. The minimum atomic E-state index is 0.0373. The van der Waals surface area contributed by atoms with Gasteiger partial charge in [0.15, 0.2) is 0 Å². The SMILES string of the molecule is Cc1ccc(OCCOCCO)c(CNC(C)C)n1. The summed E-state index contributed by atoms with van der Waals surface area (Å²) in [7, 11) is 0. The van der Waals surface area contributed by atoms with Crippen LogP contribution in [-0.2, 0) is 11.3 Å². The Kier molecular flexibility index (Phi) is 7.40.